The number of piperidine rings is 1. The molecule has 0 aromatic rings. The van der Waals surface area contributed by atoms with Gasteiger partial charge in [-0.1, -0.05) is 20.8 Å². The van der Waals surface area contributed by atoms with Gasteiger partial charge in [0.2, 0.25) is 0 Å². The molecule has 136 valence electrons. The summed E-state index contributed by atoms with van der Waals surface area (Å²) < 4.78 is 11.8. The van der Waals surface area contributed by atoms with Crippen LogP contribution in [0.25, 0.3) is 0 Å². The van der Waals surface area contributed by atoms with Gasteiger partial charge < -0.3 is 19.5 Å². The molecule has 0 aliphatic carbocycles. The summed E-state index contributed by atoms with van der Waals surface area (Å²) in [7, 11) is 0. The lowest BCUT2D eigenvalue weighted by atomic mass is 9.78. The number of carbonyl (C=O) groups is 1. The number of rotatable bonds is 3. The molecule has 1 rings (SSSR count). The highest BCUT2D eigenvalue weighted by molar-refractivity contribution is 5.68. The van der Waals surface area contributed by atoms with Crippen molar-refractivity contribution in [3.8, 4) is 0 Å². The first-order valence-corrected chi connectivity index (χ1v) is 8.52. The SMILES string of the molecule is CC(C)(C)OC(=O)N1CC(CO)CC(OC(C)(C)C(C)(C)C)C1. The summed E-state index contributed by atoms with van der Waals surface area (Å²) in [6, 6.07) is 0. The maximum Gasteiger partial charge on any atom is 0.410 e. The summed E-state index contributed by atoms with van der Waals surface area (Å²) >= 11 is 0. The number of aliphatic hydroxyl groups is 1. The van der Waals surface area contributed by atoms with Gasteiger partial charge in [0.05, 0.1) is 18.2 Å². The highest BCUT2D eigenvalue weighted by Gasteiger charge is 2.40. The Morgan fingerprint density at radius 3 is 2.09 bits per heavy atom. The van der Waals surface area contributed by atoms with Gasteiger partial charge in [0, 0.05) is 19.1 Å². The van der Waals surface area contributed by atoms with Crippen LogP contribution in [0.5, 0.6) is 0 Å². The van der Waals surface area contributed by atoms with Gasteiger partial charge in [0.15, 0.2) is 0 Å². The molecule has 1 aliphatic rings. The lowest BCUT2D eigenvalue weighted by Crippen LogP contribution is -2.53. The van der Waals surface area contributed by atoms with Crippen LogP contribution in [0.1, 0.15) is 61.8 Å². The standard InChI is InChI=1S/C18H35NO4/c1-16(2,3)18(7,8)22-14-9-13(12-20)10-19(11-14)15(21)23-17(4,5)6/h13-14,20H,9-12H2,1-8H3. The molecule has 1 aliphatic heterocycles. The molecule has 0 bridgehead atoms. The molecule has 0 aromatic carbocycles. The minimum atomic E-state index is -0.524. The van der Waals surface area contributed by atoms with E-state index in [9.17, 15) is 9.90 Å². The first-order chi connectivity index (χ1) is 10.2. The number of nitrogens with zero attached hydrogens (tertiary/aromatic N) is 1. The van der Waals surface area contributed by atoms with Crippen LogP contribution in [0.3, 0.4) is 0 Å². The fourth-order valence-corrected chi connectivity index (χ4v) is 2.44. The zero-order chi connectivity index (χ0) is 18.1. The van der Waals surface area contributed by atoms with Gasteiger partial charge in [-0.2, -0.15) is 0 Å². The molecule has 0 radical (unpaired) electrons. The summed E-state index contributed by atoms with van der Waals surface area (Å²) in [6.07, 6.45) is 0.329. The average Bonchev–Trinajstić information content (AvgIpc) is 2.34. The van der Waals surface area contributed by atoms with Crippen molar-refractivity contribution in [1.82, 2.24) is 4.90 Å². The Hall–Kier alpha value is -0.810. The number of carbonyl (C=O) groups excluding carboxylic acids is 1. The largest absolute Gasteiger partial charge is 0.444 e. The van der Waals surface area contributed by atoms with Crippen molar-refractivity contribution in [2.45, 2.75) is 79.1 Å². The van der Waals surface area contributed by atoms with Crippen molar-refractivity contribution in [1.29, 1.82) is 0 Å². The monoisotopic (exact) mass is 329 g/mol. The predicted octanol–water partition coefficient (Wildman–Crippen LogP) is 3.45. The van der Waals surface area contributed by atoms with E-state index >= 15 is 0 Å². The normalized spacial score (nSPS) is 23.8. The third kappa shape index (κ3) is 5.96. The van der Waals surface area contributed by atoms with E-state index in [1.165, 1.54) is 0 Å². The number of hydrogen-bond acceptors (Lipinski definition) is 4. The molecule has 0 spiro atoms. The lowest BCUT2D eigenvalue weighted by molar-refractivity contribution is -0.152. The summed E-state index contributed by atoms with van der Waals surface area (Å²) in [6.45, 7) is 17.2. The quantitative estimate of drug-likeness (QED) is 0.861. The maximum absolute atomic E-state index is 12.3. The molecule has 0 saturated carbocycles. The molecule has 5 nitrogen and oxygen atoms in total. The first kappa shape index (κ1) is 20.2. The lowest BCUT2D eigenvalue weighted by Gasteiger charge is -2.45. The van der Waals surface area contributed by atoms with Gasteiger partial charge in [-0.05, 0) is 46.5 Å². The fraction of sp³-hybridized carbons (Fsp3) is 0.944. The van der Waals surface area contributed by atoms with Gasteiger partial charge in [-0.25, -0.2) is 4.79 Å². The number of amides is 1. The third-order valence-electron chi connectivity index (χ3n) is 4.68. The van der Waals surface area contributed by atoms with Gasteiger partial charge in [-0.15, -0.1) is 0 Å². The second kappa shape index (κ2) is 6.98. The van der Waals surface area contributed by atoms with Crippen molar-refractivity contribution < 1.29 is 19.4 Å². The van der Waals surface area contributed by atoms with E-state index in [0.29, 0.717) is 13.1 Å². The smallest absolute Gasteiger partial charge is 0.410 e. The van der Waals surface area contributed by atoms with Gasteiger partial charge >= 0.3 is 6.09 Å². The molecule has 2 atom stereocenters. The summed E-state index contributed by atoms with van der Waals surface area (Å²) in [5.41, 5.74) is -0.866. The van der Waals surface area contributed by atoms with Gasteiger partial charge in [0.25, 0.3) is 0 Å². The molecule has 5 heteroatoms. The zero-order valence-corrected chi connectivity index (χ0v) is 16.1. The molecule has 1 fully saturated rings. The van der Waals surface area contributed by atoms with Crippen LogP contribution in [-0.2, 0) is 9.47 Å². The molecular weight excluding hydrogens is 294 g/mol. The molecular formula is C18H35NO4. The summed E-state index contributed by atoms with van der Waals surface area (Å²) in [5.74, 6) is 0.0250. The van der Waals surface area contributed by atoms with Crippen LogP contribution in [0.4, 0.5) is 4.79 Å². The average molecular weight is 329 g/mol. The van der Waals surface area contributed by atoms with E-state index in [0.717, 1.165) is 6.42 Å². The number of ether oxygens (including phenoxy) is 2. The van der Waals surface area contributed by atoms with Crippen LogP contribution in [0, 0.1) is 11.3 Å². The minimum absolute atomic E-state index is 0.0179. The van der Waals surface area contributed by atoms with Crippen molar-refractivity contribution in [3.05, 3.63) is 0 Å². The van der Waals surface area contributed by atoms with E-state index in [2.05, 4.69) is 34.6 Å². The predicted molar refractivity (Wildman–Crippen MR) is 91.4 cm³/mol. The van der Waals surface area contributed by atoms with Crippen molar-refractivity contribution in [3.63, 3.8) is 0 Å². The Bertz CT molecular complexity index is 406. The first-order valence-electron chi connectivity index (χ1n) is 8.52. The van der Waals surface area contributed by atoms with Crippen molar-refractivity contribution in [2.24, 2.45) is 11.3 Å². The minimum Gasteiger partial charge on any atom is -0.444 e. The number of aliphatic hydroxyl groups excluding tert-OH is 1. The zero-order valence-electron chi connectivity index (χ0n) is 16.1. The van der Waals surface area contributed by atoms with Crippen LogP contribution in [-0.4, -0.2) is 53.1 Å². The van der Waals surface area contributed by atoms with Crippen LogP contribution in [0.15, 0.2) is 0 Å². The summed E-state index contributed by atoms with van der Waals surface area (Å²) in [5, 5.41) is 9.56. The van der Waals surface area contributed by atoms with Crippen LogP contribution < -0.4 is 0 Å². The van der Waals surface area contributed by atoms with Crippen LogP contribution in [0.2, 0.25) is 0 Å². The van der Waals surface area contributed by atoms with Gasteiger partial charge in [0.1, 0.15) is 5.60 Å². The Morgan fingerprint density at radius 1 is 1.09 bits per heavy atom. The molecule has 1 amide bonds. The Kier molecular flexibility index (Phi) is 6.14. The van der Waals surface area contributed by atoms with Crippen molar-refractivity contribution >= 4 is 6.09 Å². The Balaban J connectivity index is 2.80. The third-order valence-corrected chi connectivity index (χ3v) is 4.68. The second-order valence-electron chi connectivity index (χ2n) is 9.17. The molecule has 1 saturated heterocycles. The van der Waals surface area contributed by atoms with E-state index in [4.69, 9.17) is 9.47 Å². The molecule has 1 heterocycles. The van der Waals surface area contributed by atoms with E-state index in [1.807, 2.05) is 20.8 Å². The second-order valence-corrected chi connectivity index (χ2v) is 9.17. The highest BCUT2D eigenvalue weighted by atomic mass is 16.6. The molecule has 1 N–H and O–H groups in total. The fourth-order valence-electron chi connectivity index (χ4n) is 2.44. The summed E-state index contributed by atoms with van der Waals surface area (Å²) in [4.78, 5) is 14.0. The van der Waals surface area contributed by atoms with E-state index < -0.39 is 5.60 Å². The molecule has 2 unspecified atom stereocenters. The van der Waals surface area contributed by atoms with Crippen molar-refractivity contribution in [2.75, 3.05) is 19.7 Å². The highest BCUT2D eigenvalue weighted by Crippen LogP contribution is 2.36. The maximum atomic E-state index is 12.3. The van der Waals surface area contributed by atoms with Crippen LogP contribution >= 0.6 is 0 Å². The van der Waals surface area contributed by atoms with E-state index in [1.54, 1.807) is 4.90 Å². The Labute approximate surface area is 141 Å². The van der Waals surface area contributed by atoms with E-state index in [-0.39, 0.29) is 35.7 Å². The number of hydrogen-bond donors (Lipinski definition) is 1. The van der Waals surface area contributed by atoms with Gasteiger partial charge in [-0.3, -0.25) is 0 Å². The molecule has 23 heavy (non-hydrogen) atoms. The molecule has 0 aromatic heterocycles. The topological polar surface area (TPSA) is 59.0 Å². The Morgan fingerprint density at radius 2 is 1.65 bits per heavy atom. The number of likely N-dealkylation sites (tertiary alicyclic amines) is 1.